The highest BCUT2D eigenvalue weighted by molar-refractivity contribution is 6.30. The number of nitrogens with zero attached hydrogens (tertiary/aromatic N) is 2. The normalized spacial score (nSPS) is 16.6. The van der Waals surface area contributed by atoms with Crippen LogP contribution in [0.15, 0.2) is 18.2 Å². The molecule has 0 aliphatic heterocycles. The summed E-state index contributed by atoms with van der Waals surface area (Å²) in [4.78, 5) is 1.76. The van der Waals surface area contributed by atoms with Crippen LogP contribution in [0, 0.1) is 22.6 Å². The zero-order valence-corrected chi connectivity index (χ0v) is 9.76. The zero-order chi connectivity index (χ0) is 11.8. The van der Waals surface area contributed by atoms with E-state index < -0.39 is 0 Å². The van der Waals surface area contributed by atoms with E-state index in [0.29, 0.717) is 17.3 Å². The fourth-order valence-corrected chi connectivity index (χ4v) is 1.94. The van der Waals surface area contributed by atoms with E-state index in [4.69, 9.17) is 16.9 Å². The Balaban J connectivity index is 2.18. The monoisotopic (exact) mass is 238 g/mol. The van der Waals surface area contributed by atoms with Crippen molar-refractivity contribution in [2.45, 2.75) is 12.8 Å². The molecule has 0 saturated heterocycles. The molecule has 0 unspecified atom stereocenters. The van der Waals surface area contributed by atoms with Gasteiger partial charge in [-0.25, -0.2) is 4.39 Å². The van der Waals surface area contributed by atoms with Crippen LogP contribution in [0.25, 0.3) is 0 Å². The average molecular weight is 239 g/mol. The lowest BCUT2D eigenvalue weighted by molar-refractivity contribution is 0.603. The molecule has 4 heteroatoms. The van der Waals surface area contributed by atoms with Crippen LogP contribution in [0.5, 0.6) is 0 Å². The molecule has 1 aromatic rings. The molecular weight excluding hydrogens is 227 g/mol. The predicted octanol–water partition coefficient (Wildman–Crippen LogP) is 3.22. The summed E-state index contributed by atoms with van der Waals surface area (Å²) >= 11 is 5.82. The minimum atomic E-state index is -0.305. The van der Waals surface area contributed by atoms with Crippen molar-refractivity contribution in [2.24, 2.45) is 5.41 Å². The average Bonchev–Trinajstić information content (AvgIpc) is 3.02. The van der Waals surface area contributed by atoms with Crippen molar-refractivity contribution in [3.05, 3.63) is 29.0 Å². The minimum Gasteiger partial charge on any atom is -0.371 e. The SMILES string of the molecule is CN(CC1(C#N)CC1)c1cc(Cl)ccc1F. The highest BCUT2D eigenvalue weighted by Gasteiger charge is 2.44. The first-order chi connectivity index (χ1) is 7.56. The van der Waals surface area contributed by atoms with Gasteiger partial charge in [-0.15, -0.1) is 0 Å². The quantitative estimate of drug-likeness (QED) is 0.809. The van der Waals surface area contributed by atoms with Gasteiger partial charge in [0.2, 0.25) is 0 Å². The van der Waals surface area contributed by atoms with E-state index in [0.717, 1.165) is 12.8 Å². The standard InChI is InChI=1S/C12H12ClFN2/c1-16(8-12(7-15)4-5-12)11-6-9(13)2-3-10(11)14/h2-3,6H,4-5,8H2,1H3. The molecule has 0 aromatic heterocycles. The lowest BCUT2D eigenvalue weighted by Crippen LogP contribution is -2.26. The van der Waals surface area contributed by atoms with Crippen LogP contribution in [0.1, 0.15) is 12.8 Å². The van der Waals surface area contributed by atoms with Crippen molar-refractivity contribution in [3.8, 4) is 6.07 Å². The van der Waals surface area contributed by atoms with E-state index >= 15 is 0 Å². The molecule has 0 amide bonds. The Kier molecular flexibility index (Phi) is 2.77. The molecule has 0 N–H and O–H groups in total. The summed E-state index contributed by atoms with van der Waals surface area (Å²) in [5.41, 5.74) is 0.179. The van der Waals surface area contributed by atoms with Crippen LogP contribution in [0.2, 0.25) is 5.02 Å². The van der Waals surface area contributed by atoms with Gasteiger partial charge in [-0.05, 0) is 31.0 Å². The molecule has 1 aliphatic carbocycles. The van der Waals surface area contributed by atoms with Crippen LogP contribution in [0.3, 0.4) is 0 Å². The van der Waals surface area contributed by atoms with Crippen LogP contribution in [0.4, 0.5) is 10.1 Å². The third-order valence-corrected chi connectivity index (χ3v) is 3.19. The minimum absolute atomic E-state index is 0.274. The van der Waals surface area contributed by atoms with Gasteiger partial charge in [0.25, 0.3) is 0 Å². The fraction of sp³-hybridized carbons (Fsp3) is 0.417. The lowest BCUT2D eigenvalue weighted by Gasteiger charge is -2.22. The van der Waals surface area contributed by atoms with Crippen LogP contribution >= 0.6 is 11.6 Å². The second-order valence-electron chi connectivity index (χ2n) is 4.34. The number of halogens is 2. The summed E-state index contributed by atoms with van der Waals surface area (Å²) in [6, 6.07) is 6.74. The third kappa shape index (κ3) is 2.12. The van der Waals surface area contributed by atoms with E-state index in [1.54, 1.807) is 18.0 Å². The predicted molar refractivity (Wildman–Crippen MR) is 62.0 cm³/mol. The maximum Gasteiger partial charge on any atom is 0.146 e. The Bertz CT molecular complexity index is 449. The molecular formula is C12H12ClFN2. The highest BCUT2D eigenvalue weighted by Crippen LogP contribution is 2.46. The Morgan fingerprint density at radius 2 is 2.25 bits per heavy atom. The number of rotatable bonds is 3. The summed E-state index contributed by atoms with van der Waals surface area (Å²) in [5.74, 6) is -0.305. The smallest absolute Gasteiger partial charge is 0.146 e. The molecule has 0 bridgehead atoms. The summed E-state index contributed by atoms with van der Waals surface area (Å²) < 4.78 is 13.5. The number of hydrogen-bond donors (Lipinski definition) is 0. The van der Waals surface area contributed by atoms with Gasteiger partial charge >= 0.3 is 0 Å². The molecule has 1 saturated carbocycles. The van der Waals surface area contributed by atoms with E-state index in [9.17, 15) is 4.39 Å². The molecule has 1 aliphatic rings. The molecule has 0 radical (unpaired) electrons. The first-order valence-corrected chi connectivity index (χ1v) is 5.52. The topological polar surface area (TPSA) is 27.0 Å². The fourth-order valence-electron chi connectivity index (χ4n) is 1.77. The first kappa shape index (κ1) is 11.2. The number of anilines is 1. The number of benzene rings is 1. The number of hydrogen-bond acceptors (Lipinski definition) is 2. The van der Waals surface area contributed by atoms with Gasteiger partial charge < -0.3 is 4.90 Å². The molecule has 2 nitrogen and oxygen atoms in total. The third-order valence-electron chi connectivity index (χ3n) is 2.95. The van der Waals surface area contributed by atoms with Crippen molar-refractivity contribution in [1.82, 2.24) is 0 Å². The van der Waals surface area contributed by atoms with Crippen molar-refractivity contribution in [2.75, 3.05) is 18.5 Å². The van der Waals surface area contributed by atoms with E-state index in [-0.39, 0.29) is 11.2 Å². The van der Waals surface area contributed by atoms with Gasteiger partial charge in [0, 0.05) is 18.6 Å². The summed E-state index contributed by atoms with van der Waals surface area (Å²) in [5, 5.41) is 9.48. The lowest BCUT2D eigenvalue weighted by atomic mass is 10.1. The Morgan fingerprint density at radius 3 is 2.81 bits per heavy atom. The highest BCUT2D eigenvalue weighted by atomic mass is 35.5. The molecule has 0 heterocycles. The first-order valence-electron chi connectivity index (χ1n) is 5.14. The molecule has 0 spiro atoms. The second kappa shape index (κ2) is 3.95. The van der Waals surface area contributed by atoms with Gasteiger partial charge in [0.15, 0.2) is 0 Å². The van der Waals surface area contributed by atoms with Crippen LogP contribution in [-0.2, 0) is 0 Å². The number of nitriles is 1. The molecule has 2 rings (SSSR count). The Labute approximate surface area is 99.2 Å². The summed E-state index contributed by atoms with van der Waals surface area (Å²) in [7, 11) is 1.78. The summed E-state index contributed by atoms with van der Waals surface area (Å²) in [6.07, 6.45) is 1.80. The molecule has 1 fully saturated rings. The van der Waals surface area contributed by atoms with Gasteiger partial charge in [0.1, 0.15) is 5.82 Å². The van der Waals surface area contributed by atoms with Crippen LogP contribution < -0.4 is 4.90 Å². The van der Waals surface area contributed by atoms with E-state index in [1.807, 2.05) is 0 Å². The maximum atomic E-state index is 13.5. The molecule has 16 heavy (non-hydrogen) atoms. The van der Waals surface area contributed by atoms with Crippen LogP contribution in [-0.4, -0.2) is 13.6 Å². The summed E-state index contributed by atoms with van der Waals surface area (Å²) in [6.45, 7) is 0.556. The van der Waals surface area contributed by atoms with Gasteiger partial charge in [-0.3, -0.25) is 0 Å². The molecule has 84 valence electrons. The van der Waals surface area contributed by atoms with Gasteiger partial charge in [-0.1, -0.05) is 11.6 Å². The van der Waals surface area contributed by atoms with Crippen molar-refractivity contribution in [3.63, 3.8) is 0 Å². The zero-order valence-electron chi connectivity index (χ0n) is 9.00. The van der Waals surface area contributed by atoms with Crippen molar-refractivity contribution in [1.29, 1.82) is 5.26 Å². The van der Waals surface area contributed by atoms with Crippen molar-refractivity contribution >= 4 is 17.3 Å². The molecule has 1 aromatic carbocycles. The van der Waals surface area contributed by atoms with Gasteiger partial charge in [0.05, 0.1) is 17.2 Å². The molecule has 0 atom stereocenters. The second-order valence-corrected chi connectivity index (χ2v) is 4.78. The van der Waals surface area contributed by atoms with E-state index in [2.05, 4.69) is 6.07 Å². The Morgan fingerprint density at radius 1 is 1.56 bits per heavy atom. The van der Waals surface area contributed by atoms with Crippen molar-refractivity contribution < 1.29 is 4.39 Å². The largest absolute Gasteiger partial charge is 0.371 e. The van der Waals surface area contributed by atoms with Gasteiger partial charge in [-0.2, -0.15) is 5.26 Å². The van der Waals surface area contributed by atoms with E-state index in [1.165, 1.54) is 12.1 Å². The Hall–Kier alpha value is -1.27. The maximum absolute atomic E-state index is 13.5.